The molecule has 114 valence electrons. The Kier molecular flexibility index (Phi) is 5.61. The van der Waals surface area contributed by atoms with Gasteiger partial charge in [-0.05, 0) is 30.5 Å². The number of hydrogen-bond donors (Lipinski definition) is 1. The van der Waals surface area contributed by atoms with E-state index in [0.717, 1.165) is 11.8 Å². The Labute approximate surface area is 133 Å². The highest BCUT2D eigenvalue weighted by molar-refractivity contribution is 8.02. The molecule has 0 bridgehead atoms. The number of rotatable bonds is 6. The molecule has 0 heterocycles. The topological polar surface area (TPSA) is 38.3 Å². The van der Waals surface area contributed by atoms with Crippen LogP contribution >= 0.6 is 11.8 Å². The number of benzene rings is 2. The standard InChI is InChI=1S/C17H16FNO2S/c1-21-14-10-8-13(9-11-14)19-17(22-2)15(18)16(20)12-6-4-3-5-7-12/h3-11,19H,1-2H3/b17-15-. The van der Waals surface area contributed by atoms with Crippen molar-refractivity contribution >= 4 is 23.2 Å². The van der Waals surface area contributed by atoms with Crippen LogP contribution in [-0.4, -0.2) is 19.1 Å². The van der Waals surface area contributed by atoms with E-state index >= 15 is 0 Å². The third-order valence-electron chi connectivity index (χ3n) is 2.99. The molecular formula is C17H16FNO2S. The Bertz CT molecular complexity index is 669. The minimum Gasteiger partial charge on any atom is -0.497 e. The summed E-state index contributed by atoms with van der Waals surface area (Å²) in [7, 11) is 1.58. The highest BCUT2D eigenvalue weighted by Crippen LogP contribution is 2.25. The minimum absolute atomic E-state index is 0.180. The van der Waals surface area contributed by atoms with Crippen LogP contribution in [0.2, 0.25) is 0 Å². The largest absolute Gasteiger partial charge is 0.497 e. The number of ether oxygens (including phenoxy) is 1. The Morgan fingerprint density at radius 1 is 1.09 bits per heavy atom. The molecule has 0 saturated carbocycles. The molecule has 2 aromatic rings. The van der Waals surface area contributed by atoms with E-state index in [0.29, 0.717) is 17.0 Å². The number of allylic oxidation sites excluding steroid dienone is 1. The fourth-order valence-corrected chi connectivity index (χ4v) is 2.31. The zero-order valence-electron chi connectivity index (χ0n) is 12.3. The van der Waals surface area contributed by atoms with Crippen molar-refractivity contribution in [1.29, 1.82) is 0 Å². The predicted octanol–water partition coefficient (Wildman–Crippen LogP) is 4.49. The first kappa shape index (κ1) is 16.1. The molecular weight excluding hydrogens is 301 g/mol. The van der Waals surface area contributed by atoms with Gasteiger partial charge in [0, 0.05) is 11.3 Å². The Balaban J connectivity index is 2.22. The number of thioether (sulfide) groups is 1. The minimum atomic E-state index is -0.797. The quantitative estimate of drug-likeness (QED) is 0.629. The summed E-state index contributed by atoms with van der Waals surface area (Å²) in [6, 6.07) is 15.4. The number of Topliss-reactive ketones (excluding diaryl/α,β-unsaturated/α-hetero) is 1. The van der Waals surface area contributed by atoms with Crippen LogP contribution in [0.3, 0.4) is 0 Å². The van der Waals surface area contributed by atoms with Crippen LogP contribution < -0.4 is 10.1 Å². The van der Waals surface area contributed by atoms with E-state index in [9.17, 15) is 9.18 Å². The molecule has 0 amide bonds. The average Bonchev–Trinajstić information content (AvgIpc) is 2.59. The third kappa shape index (κ3) is 3.89. The molecule has 0 radical (unpaired) electrons. The van der Waals surface area contributed by atoms with Crippen LogP contribution in [0.15, 0.2) is 65.5 Å². The highest BCUT2D eigenvalue weighted by atomic mass is 32.2. The van der Waals surface area contributed by atoms with E-state index in [1.54, 1.807) is 68.0 Å². The Hall–Kier alpha value is -2.27. The van der Waals surface area contributed by atoms with Crippen LogP contribution in [-0.2, 0) is 0 Å². The van der Waals surface area contributed by atoms with Crippen molar-refractivity contribution in [3.8, 4) is 5.75 Å². The molecule has 0 aliphatic rings. The number of carbonyl (C=O) groups is 1. The fourth-order valence-electron chi connectivity index (χ4n) is 1.82. The molecule has 1 N–H and O–H groups in total. The SMILES string of the molecule is COc1ccc(N/C(SC)=C(/F)C(=O)c2ccccc2)cc1. The second-order valence-electron chi connectivity index (χ2n) is 4.40. The molecule has 2 rings (SSSR count). The van der Waals surface area contributed by atoms with Crippen LogP contribution in [0, 0.1) is 0 Å². The molecule has 0 aliphatic carbocycles. The summed E-state index contributed by atoms with van der Waals surface area (Å²) in [5.74, 6) is -0.721. The Morgan fingerprint density at radius 3 is 2.27 bits per heavy atom. The van der Waals surface area contributed by atoms with Gasteiger partial charge in [-0.15, -0.1) is 11.8 Å². The number of hydrogen-bond acceptors (Lipinski definition) is 4. The molecule has 0 atom stereocenters. The molecule has 0 aliphatic heterocycles. The zero-order chi connectivity index (χ0) is 15.9. The fraction of sp³-hybridized carbons (Fsp3) is 0.118. The van der Waals surface area contributed by atoms with Crippen LogP contribution in [0.4, 0.5) is 10.1 Å². The number of carbonyl (C=O) groups excluding carboxylic acids is 1. The van der Waals surface area contributed by atoms with Gasteiger partial charge in [0.05, 0.1) is 7.11 Å². The van der Waals surface area contributed by atoms with E-state index < -0.39 is 11.6 Å². The van der Waals surface area contributed by atoms with E-state index in [4.69, 9.17) is 4.74 Å². The van der Waals surface area contributed by atoms with Gasteiger partial charge in [-0.2, -0.15) is 4.39 Å². The van der Waals surface area contributed by atoms with Crippen molar-refractivity contribution in [1.82, 2.24) is 0 Å². The maximum absolute atomic E-state index is 14.4. The number of nitrogens with one attached hydrogen (secondary N) is 1. The first-order valence-electron chi connectivity index (χ1n) is 6.60. The summed E-state index contributed by atoms with van der Waals surface area (Å²) < 4.78 is 19.5. The van der Waals surface area contributed by atoms with E-state index in [1.807, 2.05) is 0 Å². The maximum atomic E-state index is 14.4. The van der Waals surface area contributed by atoms with Gasteiger partial charge in [0.2, 0.25) is 11.6 Å². The summed E-state index contributed by atoms with van der Waals surface area (Å²) in [6.07, 6.45) is 1.71. The molecule has 0 spiro atoms. The normalized spacial score (nSPS) is 11.6. The monoisotopic (exact) mass is 317 g/mol. The predicted molar refractivity (Wildman–Crippen MR) is 89.0 cm³/mol. The van der Waals surface area contributed by atoms with Gasteiger partial charge in [0.1, 0.15) is 10.8 Å². The number of anilines is 1. The number of methoxy groups -OCH3 is 1. The average molecular weight is 317 g/mol. The molecule has 22 heavy (non-hydrogen) atoms. The zero-order valence-corrected chi connectivity index (χ0v) is 13.1. The molecule has 2 aromatic carbocycles. The van der Waals surface area contributed by atoms with E-state index in [1.165, 1.54) is 0 Å². The van der Waals surface area contributed by atoms with E-state index in [-0.39, 0.29) is 5.03 Å². The third-order valence-corrected chi connectivity index (χ3v) is 3.68. The molecule has 0 unspecified atom stereocenters. The number of ketones is 1. The lowest BCUT2D eigenvalue weighted by Gasteiger charge is -2.10. The first-order valence-corrected chi connectivity index (χ1v) is 7.82. The van der Waals surface area contributed by atoms with E-state index in [2.05, 4.69) is 5.32 Å². The second kappa shape index (κ2) is 7.66. The van der Waals surface area contributed by atoms with Crippen molar-refractivity contribution < 1.29 is 13.9 Å². The van der Waals surface area contributed by atoms with Crippen molar-refractivity contribution in [3.05, 3.63) is 71.0 Å². The van der Waals surface area contributed by atoms with Crippen molar-refractivity contribution in [3.63, 3.8) is 0 Å². The van der Waals surface area contributed by atoms with Crippen molar-refractivity contribution in [2.75, 3.05) is 18.7 Å². The number of halogens is 1. The van der Waals surface area contributed by atoms with Gasteiger partial charge in [-0.1, -0.05) is 30.3 Å². The maximum Gasteiger partial charge on any atom is 0.224 e. The van der Waals surface area contributed by atoms with Gasteiger partial charge in [-0.25, -0.2) is 0 Å². The Morgan fingerprint density at radius 2 is 1.73 bits per heavy atom. The molecule has 0 fully saturated rings. The van der Waals surface area contributed by atoms with Crippen LogP contribution in [0.1, 0.15) is 10.4 Å². The van der Waals surface area contributed by atoms with Gasteiger partial charge >= 0.3 is 0 Å². The lowest BCUT2D eigenvalue weighted by molar-refractivity contribution is 0.100. The van der Waals surface area contributed by atoms with Gasteiger partial charge < -0.3 is 10.1 Å². The smallest absolute Gasteiger partial charge is 0.224 e. The summed E-state index contributed by atoms with van der Waals surface area (Å²) >= 11 is 1.15. The van der Waals surface area contributed by atoms with Gasteiger partial charge in [0.15, 0.2) is 0 Å². The highest BCUT2D eigenvalue weighted by Gasteiger charge is 2.17. The lowest BCUT2D eigenvalue weighted by atomic mass is 10.1. The summed E-state index contributed by atoms with van der Waals surface area (Å²) in [5.41, 5.74) is 1.00. The van der Waals surface area contributed by atoms with Gasteiger partial charge in [0.25, 0.3) is 0 Å². The van der Waals surface area contributed by atoms with Gasteiger partial charge in [-0.3, -0.25) is 4.79 Å². The summed E-state index contributed by atoms with van der Waals surface area (Å²) in [5, 5.41) is 3.10. The van der Waals surface area contributed by atoms with Crippen LogP contribution in [0.5, 0.6) is 5.75 Å². The summed E-state index contributed by atoms with van der Waals surface area (Å²) in [6.45, 7) is 0. The second-order valence-corrected chi connectivity index (χ2v) is 5.21. The summed E-state index contributed by atoms with van der Waals surface area (Å²) in [4.78, 5) is 12.1. The molecule has 5 heteroatoms. The first-order chi connectivity index (χ1) is 10.7. The van der Waals surface area contributed by atoms with Crippen LogP contribution in [0.25, 0.3) is 0 Å². The van der Waals surface area contributed by atoms with Crippen molar-refractivity contribution in [2.24, 2.45) is 0 Å². The molecule has 3 nitrogen and oxygen atoms in total. The molecule has 0 saturated heterocycles. The molecule has 0 aromatic heterocycles. The van der Waals surface area contributed by atoms with Crippen molar-refractivity contribution in [2.45, 2.75) is 0 Å². The lowest BCUT2D eigenvalue weighted by Crippen LogP contribution is -2.06.